The van der Waals surface area contributed by atoms with Crippen LogP contribution in [0.25, 0.3) is 0 Å². The van der Waals surface area contributed by atoms with Crippen molar-refractivity contribution in [3.63, 3.8) is 0 Å². The van der Waals surface area contributed by atoms with Crippen molar-refractivity contribution in [1.82, 2.24) is 0 Å². The number of rotatable bonds is 37. The number of aromatic hydroxyl groups is 1. The van der Waals surface area contributed by atoms with Crippen LogP contribution in [0.4, 0.5) is 0 Å². The maximum atomic E-state index is 11.9. The van der Waals surface area contributed by atoms with Crippen LogP contribution in [-0.2, 0) is 21.8 Å². The van der Waals surface area contributed by atoms with Gasteiger partial charge in [0.05, 0.1) is 6.10 Å². The fourth-order valence-electron chi connectivity index (χ4n) is 8.78. The first-order chi connectivity index (χ1) is 26.8. The van der Waals surface area contributed by atoms with Gasteiger partial charge in [0.1, 0.15) is 5.75 Å². The second-order valence-electron chi connectivity index (χ2n) is 19.7. The van der Waals surface area contributed by atoms with Crippen molar-refractivity contribution in [3.8, 4) is 5.75 Å². The van der Waals surface area contributed by atoms with E-state index < -0.39 is 8.60 Å². The molecule has 330 valence electrons. The third-order valence-corrected chi connectivity index (χ3v) is 12.6. The van der Waals surface area contributed by atoms with Gasteiger partial charge in [-0.2, -0.15) is 0 Å². The van der Waals surface area contributed by atoms with Crippen LogP contribution >= 0.6 is 8.60 Å². The molecule has 1 rings (SSSR count). The van der Waals surface area contributed by atoms with Gasteiger partial charge in [-0.3, -0.25) is 0 Å². The number of phenols is 1. The first kappa shape index (κ1) is 53.3. The molecule has 0 aliphatic carbocycles. The Balaban J connectivity index is 2.70. The minimum Gasteiger partial charge on any atom is -0.507 e. The summed E-state index contributed by atoms with van der Waals surface area (Å²) in [7, 11) is -2.50. The molecule has 0 aliphatic rings. The molecule has 1 atom stereocenters. The zero-order valence-corrected chi connectivity index (χ0v) is 39.8. The molecule has 0 aromatic heterocycles. The number of hydrogen-bond acceptors (Lipinski definition) is 4. The van der Waals surface area contributed by atoms with Gasteiger partial charge >= 0.3 is 8.60 Å². The summed E-state index contributed by atoms with van der Waals surface area (Å²) in [5, 5.41) is 11.9. The van der Waals surface area contributed by atoms with Crippen LogP contribution in [0.5, 0.6) is 5.75 Å². The van der Waals surface area contributed by atoms with Crippen molar-refractivity contribution in [2.75, 3.05) is 0 Å². The largest absolute Gasteiger partial charge is 0.507 e. The van der Waals surface area contributed by atoms with E-state index in [4.69, 9.17) is 4.52 Å². The molecule has 0 radical (unpaired) electrons. The van der Waals surface area contributed by atoms with E-state index in [1.807, 2.05) is 0 Å². The molecule has 0 amide bonds. The van der Waals surface area contributed by atoms with Crippen molar-refractivity contribution < 1.29 is 19.4 Å². The molecule has 0 bridgehead atoms. The Morgan fingerprint density at radius 2 is 0.804 bits per heavy atom. The van der Waals surface area contributed by atoms with Gasteiger partial charge in [-0.1, -0.05) is 254 Å². The van der Waals surface area contributed by atoms with Gasteiger partial charge in [-0.15, -0.1) is 0 Å². The summed E-state index contributed by atoms with van der Waals surface area (Å²) in [5.74, 6) is 0.414. The van der Waals surface area contributed by atoms with Crippen LogP contribution in [-0.4, -0.2) is 14.9 Å². The summed E-state index contributed by atoms with van der Waals surface area (Å²) in [6.45, 7) is 17.7. The second-order valence-corrected chi connectivity index (χ2v) is 20.4. The van der Waals surface area contributed by atoms with Gasteiger partial charge in [0.25, 0.3) is 0 Å². The molecule has 0 saturated heterocycles. The van der Waals surface area contributed by atoms with Crippen LogP contribution < -0.4 is 0 Å². The molecule has 5 heteroatoms. The predicted octanol–water partition coefficient (Wildman–Crippen LogP) is 17.7. The lowest BCUT2D eigenvalue weighted by Gasteiger charge is -2.33. The quantitative estimate of drug-likeness (QED) is 0.0463. The molecule has 4 nitrogen and oxygen atoms in total. The molecule has 56 heavy (non-hydrogen) atoms. The van der Waals surface area contributed by atoms with Gasteiger partial charge in [0.15, 0.2) is 0 Å². The average Bonchev–Trinajstić information content (AvgIpc) is 3.12. The Labute approximate surface area is 351 Å². The maximum Gasteiger partial charge on any atom is 0.327 e. The van der Waals surface area contributed by atoms with Gasteiger partial charge in [-0.05, 0) is 52.8 Å². The number of benzene rings is 1. The normalized spacial score (nSPS) is 13.0. The van der Waals surface area contributed by atoms with Crippen molar-refractivity contribution in [1.29, 1.82) is 0 Å². The summed E-state index contributed by atoms with van der Waals surface area (Å²) < 4.78 is 6.00. The highest BCUT2D eigenvalue weighted by atomic mass is 31.2. The van der Waals surface area contributed by atoms with E-state index in [2.05, 4.69) is 61.5 Å². The Kier molecular flexibility index (Phi) is 31.5. The van der Waals surface area contributed by atoms with Gasteiger partial charge in [0.2, 0.25) is 0 Å². The van der Waals surface area contributed by atoms with E-state index in [0.717, 1.165) is 48.8 Å². The Morgan fingerprint density at radius 1 is 0.482 bits per heavy atom. The van der Waals surface area contributed by atoms with Crippen LogP contribution in [0.1, 0.15) is 296 Å². The summed E-state index contributed by atoms with van der Waals surface area (Å²) in [5.41, 5.74) is 3.66. The average molecular weight is 805 g/mol. The molecule has 1 unspecified atom stereocenters. The van der Waals surface area contributed by atoms with Gasteiger partial charge in [0, 0.05) is 5.56 Å². The molecule has 0 aliphatic heterocycles. The van der Waals surface area contributed by atoms with Crippen molar-refractivity contribution in [2.24, 2.45) is 0 Å². The lowest BCUT2D eigenvalue weighted by Crippen LogP contribution is -2.22. The van der Waals surface area contributed by atoms with Gasteiger partial charge in [-0.25, -0.2) is 0 Å². The maximum absolute atomic E-state index is 11.9. The number of unbranched alkanes of at least 4 members (excludes halogenated alkanes) is 30. The third-order valence-electron chi connectivity index (χ3n) is 12.2. The topological polar surface area (TPSA) is 69.9 Å². The summed E-state index contributed by atoms with van der Waals surface area (Å²) in [4.78, 5) is 20.4. The van der Waals surface area contributed by atoms with E-state index >= 15 is 0 Å². The Morgan fingerprint density at radius 3 is 1.11 bits per heavy atom. The van der Waals surface area contributed by atoms with Crippen LogP contribution in [0.3, 0.4) is 0 Å². The fourth-order valence-corrected chi connectivity index (χ4v) is 9.22. The van der Waals surface area contributed by atoms with E-state index in [9.17, 15) is 14.9 Å². The second kappa shape index (κ2) is 33.1. The minimum atomic E-state index is -2.50. The molecule has 1 aromatic carbocycles. The fraction of sp³-hybridized carbons (Fsp3) is 0.882. The minimum absolute atomic E-state index is 0.256. The van der Waals surface area contributed by atoms with Gasteiger partial charge < -0.3 is 19.4 Å². The predicted molar refractivity (Wildman–Crippen MR) is 248 cm³/mol. The van der Waals surface area contributed by atoms with E-state index in [1.54, 1.807) is 0 Å². The molecule has 0 saturated carbocycles. The Hall–Kier alpha value is -0.670. The van der Waals surface area contributed by atoms with Crippen molar-refractivity contribution >= 4 is 8.60 Å². The van der Waals surface area contributed by atoms with Crippen LogP contribution in [0, 0.1) is 0 Å². The van der Waals surface area contributed by atoms with E-state index in [-0.39, 0.29) is 16.9 Å². The van der Waals surface area contributed by atoms with Crippen molar-refractivity contribution in [2.45, 2.75) is 291 Å². The summed E-state index contributed by atoms with van der Waals surface area (Å²) in [6, 6.07) is 2.16. The van der Waals surface area contributed by atoms with E-state index in [0.29, 0.717) is 5.75 Å². The first-order valence-corrected chi connectivity index (χ1v) is 25.7. The zero-order valence-electron chi connectivity index (χ0n) is 38.9. The monoisotopic (exact) mass is 805 g/mol. The molecular formula is C51H97O4P. The standard InChI is InChI=1S/C51H97O4P/c1-9-11-13-15-17-19-21-23-25-27-29-31-33-35-37-39-41-44-45(43-46(50(3,4)5)49(52)48(44)51(6,7)8)47(55-56(53)54)42-40-38-36-34-32-30-28-26-24-22-20-18-16-14-12-10-2/h43,47,52-54H,9-42H2,1-8H3. The lowest BCUT2D eigenvalue weighted by molar-refractivity contribution is 0.159. The molecule has 1 aromatic rings. The van der Waals surface area contributed by atoms with Crippen molar-refractivity contribution in [3.05, 3.63) is 28.3 Å². The summed E-state index contributed by atoms with van der Waals surface area (Å²) in [6.07, 6.45) is 44.1. The highest BCUT2D eigenvalue weighted by Crippen LogP contribution is 2.47. The number of hydrogen-bond donors (Lipinski definition) is 3. The zero-order chi connectivity index (χ0) is 41.5. The van der Waals surface area contributed by atoms with Crippen LogP contribution in [0.2, 0.25) is 0 Å². The molecule has 0 heterocycles. The smallest absolute Gasteiger partial charge is 0.327 e. The number of phenolic OH excluding ortho intramolecular Hbond substituents is 1. The molecular weight excluding hydrogens is 708 g/mol. The molecule has 0 fully saturated rings. The Bertz CT molecular complexity index is 1060. The summed E-state index contributed by atoms with van der Waals surface area (Å²) >= 11 is 0. The van der Waals surface area contributed by atoms with Crippen LogP contribution in [0.15, 0.2) is 6.07 Å². The molecule has 0 spiro atoms. The third kappa shape index (κ3) is 25.7. The lowest BCUT2D eigenvalue weighted by atomic mass is 9.73. The highest BCUT2D eigenvalue weighted by molar-refractivity contribution is 7.39. The highest BCUT2D eigenvalue weighted by Gasteiger charge is 2.33. The first-order valence-electron chi connectivity index (χ1n) is 24.6. The SMILES string of the molecule is CCCCCCCCCCCCCCCCCCc1c(C(CCCCCCCCCCCCCCCCCC)OP(O)O)cc(C(C)(C)C)c(O)c1C(C)(C)C. The molecule has 3 N–H and O–H groups in total. The van der Waals surface area contributed by atoms with E-state index in [1.165, 1.54) is 192 Å².